The van der Waals surface area contributed by atoms with Crippen molar-refractivity contribution < 1.29 is 13.9 Å². The van der Waals surface area contributed by atoms with Gasteiger partial charge in [0.1, 0.15) is 5.60 Å². The molecule has 0 spiro atoms. The summed E-state index contributed by atoms with van der Waals surface area (Å²) >= 11 is 11.9. The molecule has 0 radical (unpaired) electrons. The SMILES string of the molecule is CC(C)(C)OC(=O)N(c1cnccc1C(F)c1ccccc1)C(Cl)Cl. The second-order valence-electron chi connectivity index (χ2n) is 6.34. The Morgan fingerprint density at radius 1 is 1.20 bits per heavy atom. The number of carbonyl (C=O) groups excluding carboxylic acids is 1. The Morgan fingerprint density at radius 3 is 2.40 bits per heavy atom. The number of nitrogens with zero attached hydrogens (tertiary/aromatic N) is 2. The molecule has 1 unspecified atom stereocenters. The average molecular weight is 385 g/mol. The molecule has 0 bridgehead atoms. The second kappa shape index (κ2) is 8.02. The molecule has 0 aliphatic heterocycles. The zero-order chi connectivity index (χ0) is 18.6. The maximum Gasteiger partial charge on any atom is 0.417 e. The molecule has 25 heavy (non-hydrogen) atoms. The summed E-state index contributed by atoms with van der Waals surface area (Å²) in [7, 11) is 0. The smallest absolute Gasteiger partial charge is 0.417 e. The molecule has 0 N–H and O–H groups in total. The standard InChI is InChI=1S/C18H19Cl2FN2O2/c1-18(2,3)25-17(24)23(16(19)20)14-11-22-10-9-13(14)15(21)12-7-5-4-6-8-12/h4-11,15-16H,1-3H3. The molecule has 0 fully saturated rings. The summed E-state index contributed by atoms with van der Waals surface area (Å²) < 4.78 is 20.4. The van der Waals surface area contributed by atoms with Gasteiger partial charge < -0.3 is 4.74 Å². The minimum atomic E-state index is -1.48. The molecule has 0 saturated carbocycles. The van der Waals surface area contributed by atoms with Crippen molar-refractivity contribution in [2.45, 2.75) is 37.5 Å². The summed E-state index contributed by atoms with van der Waals surface area (Å²) in [5.41, 5.74) is 0.0656. The molecule has 1 aromatic carbocycles. The lowest BCUT2D eigenvalue weighted by Crippen LogP contribution is -2.40. The van der Waals surface area contributed by atoms with Crippen LogP contribution in [0.25, 0.3) is 0 Å². The van der Waals surface area contributed by atoms with Crippen molar-refractivity contribution >= 4 is 35.0 Å². The van der Waals surface area contributed by atoms with Crippen molar-refractivity contribution in [2.75, 3.05) is 4.90 Å². The van der Waals surface area contributed by atoms with E-state index in [1.54, 1.807) is 51.1 Å². The Kier molecular flexibility index (Phi) is 6.25. The van der Waals surface area contributed by atoms with E-state index in [1.165, 1.54) is 18.5 Å². The molecule has 2 rings (SSSR count). The van der Waals surface area contributed by atoms with Gasteiger partial charge in [-0.2, -0.15) is 0 Å². The second-order valence-corrected chi connectivity index (χ2v) is 7.39. The van der Waals surface area contributed by atoms with Gasteiger partial charge in [-0.1, -0.05) is 53.5 Å². The molecule has 1 heterocycles. The van der Waals surface area contributed by atoms with Gasteiger partial charge in [0.05, 0.1) is 11.9 Å². The number of alkyl halides is 3. The van der Waals surface area contributed by atoms with Crippen LogP contribution >= 0.6 is 23.2 Å². The van der Waals surface area contributed by atoms with Crippen molar-refractivity contribution in [3.8, 4) is 0 Å². The van der Waals surface area contributed by atoms with E-state index in [4.69, 9.17) is 27.9 Å². The lowest BCUT2D eigenvalue weighted by Gasteiger charge is -2.29. The van der Waals surface area contributed by atoms with Crippen LogP contribution in [0.5, 0.6) is 0 Å². The number of anilines is 1. The monoisotopic (exact) mass is 384 g/mol. The van der Waals surface area contributed by atoms with Gasteiger partial charge in [-0.25, -0.2) is 14.1 Å². The van der Waals surface area contributed by atoms with Crippen LogP contribution in [0.2, 0.25) is 0 Å². The first-order valence-electron chi connectivity index (χ1n) is 7.64. The van der Waals surface area contributed by atoms with E-state index < -0.39 is 22.8 Å². The first kappa shape index (κ1) is 19.5. The molecule has 1 amide bonds. The highest BCUT2D eigenvalue weighted by Crippen LogP contribution is 2.35. The van der Waals surface area contributed by atoms with Crippen LogP contribution < -0.4 is 4.90 Å². The quantitative estimate of drug-likeness (QED) is 0.505. The highest BCUT2D eigenvalue weighted by molar-refractivity contribution is 6.46. The first-order chi connectivity index (χ1) is 11.7. The molecule has 0 saturated heterocycles. The largest absolute Gasteiger partial charge is 0.443 e. The molecule has 134 valence electrons. The summed E-state index contributed by atoms with van der Waals surface area (Å²) in [6, 6.07) is 10.1. The number of ether oxygens (including phenoxy) is 1. The average Bonchev–Trinajstić information content (AvgIpc) is 2.53. The van der Waals surface area contributed by atoms with Gasteiger partial charge in [-0.15, -0.1) is 0 Å². The summed E-state index contributed by atoms with van der Waals surface area (Å²) in [6.45, 7) is 5.14. The lowest BCUT2D eigenvalue weighted by molar-refractivity contribution is 0.0582. The minimum Gasteiger partial charge on any atom is -0.443 e. The highest BCUT2D eigenvalue weighted by atomic mass is 35.5. The maximum atomic E-state index is 15.1. The van der Waals surface area contributed by atoms with Crippen LogP contribution in [0, 0.1) is 0 Å². The number of carbonyl (C=O) groups is 1. The molecule has 4 nitrogen and oxygen atoms in total. The molecule has 1 atom stereocenters. The van der Waals surface area contributed by atoms with Crippen LogP contribution in [0.3, 0.4) is 0 Å². The Morgan fingerprint density at radius 2 is 1.84 bits per heavy atom. The predicted molar refractivity (Wildman–Crippen MR) is 97.8 cm³/mol. The molecule has 7 heteroatoms. The minimum absolute atomic E-state index is 0.156. The normalized spacial score (nSPS) is 12.8. The van der Waals surface area contributed by atoms with E-state index >= 15 is 4.39 Å². The van der Waals surface area contributed by atoms with E-state index in [1.807, 2.05) is 0 Å². The van der Waals surface area contributed by atoms with Gasteiger partial charge in [0.15, 0.2) is 11.1 Å². The van der Waals surface area contributed by atoms with E-state index in [0.29, 0.717) is 5.56 Å². The highest BCUT2D eigenvalue weighted by Gasteiger charge is 2.31. The number of hydrogen-bond donors (Lipinski definition) is 0. The molecule has 0 aliphatic rings. The first-order valence-corrected chi connectivity index (χ1v) is 8.51. The van der Waals surface area contributed by atoms with Crippen molar-refractivity contribution in [1.29, 1.82) is 0 Å². The summed E-state index contributed by atoms with van der Waals surface area (Å²) in [5.74, 6) is 0. The predicted octanol–water partition coefficient (Wildman–Crippen LogP) is 5.64. The van der Waals surface area contributed by atoms with Gasteiger partial charge >= 0.3 is 6.09 Å². The van der Waals surface area contributed by atoms with Gasteiger partial charge in [0.25, 0.3) is 0 Å². The van der Waals surface area contributed by atoms with Crippen LogP contribution in [0.4, 0.5) is 14.9 Å². The number of rotatable bonds is 4. The summed E-state index contributed by atoms with van der Waals surface area (Å²) in [6.07, 6.45) is 0.527. The number of aromatic nitrogens is 1. The van der Waals surface area contributed by atoms with Crippen molar-refractivity contribution in [2.24, 2.45) is 0 Å². The molecule has 0 aliphatic carbocycles. The van der Waals surface area contributed by atoms with E-state index in [0.717, 1.165) is 4.90 Å². The van der Waals surface area contributed by atoms with Crippen LogP contribution in [-0.4, -0.2) is 21.6 Å². The van der Waals surface area contributed by atoms with E-state index in [9.17, 15) is 4.79 Å². The van der Waals surface area contributed by atoms with Crippen molar-refractivity contribution in [3.63, 3.8) is 0 Å². The summed E-state index contributed by atoms with van der Waals surface area (Å²) in [5, 5.41) is 0. The molecular formula is C18H19Cl2FN2O2. The van der Waals surface area contributed by atoms with E-state index in [2.05, 4.69) is 4.98 Å². The fourth-order valence-corrected chi connectivity index (χ4v) is 2.58. The zero-order valence-corrected chi connectivity index (χ0v) is 15.6. The van der Waals surface area contributed by atoms with E-state index in [-0.39, 0.29) is 11.3 Å². The van der Waals surface area contributed by atoms with Gasteiger partial charge in [-0.05, 0) is 32.4 Å². The maximum absolute atomic E-state index is 15.1. The fourth-order valence-electron chi connectivity index (χ4n) is 2.21. The van der Waals surface area contributed by atoms with Crippen LogP contribution in [0.1, 0.15) is 38.1 Å². The lowest BCUT2D eigenvalue weighted by atomic mass is 10.0. The third-order valence-electron chi connectivity index (χ3n) is 3.24. The molecular weight excluding hydrogens is 366 g/mol. The Labute approximate surface area is 156 Å². The number of pyridine rings is 1. The number of halogens is 3. The molecule has 1 aromatic heterocycles. The number of hydrogen-bond acceptors (Lipinski definition) is 3. The van der Waals surface area contributed by atoms with Gasteiger partial charge in [0.2, 0.25) is 0 Å². The van der Waals surface area contributed by atoms with Crippen molar-refractivity contribution in [3.05, 3.63) is 59.9 Å². The fraction of sp³-hybridized carbons (Fsp3) is 0.333. The van der Waals surface area contributed by atoms with Gasteiger partial charge in [-0.3, -0.25) is 4.98 Å². The van der Waals surface area contributed by atoms with Crippen LogP contribution in [-0.2, 0) is 4.74 Å². The summed E-state index contributed by atoms with van der Waals surface area (Å²) in [4.78, 5) is 16.2. The Hall–Kier alpha value is -1.85. The van der Waals surface area contributed by atoms with Crippen LogP contribution in [0.15, 0.2) is 48.8 Å². The Balaban J connectivity index is 2.44. The van der Waals surface area contributed by atoms with Crippen molar-refractivity contribution in [1.82, 2.24) is 4.98 Å². The third-order valence-corrected chi connectivity index (χ3v) is 3.63. The molecule has 2 aromatic rings. The third kappa shape index (κ3) is 5.06. The topological polar surface area (TPSA) is 42.4 Å². The number of amides is 1. The Bertz CT molecular complexity index is 721. The van der Waals surface area contributed by atoms with Gasteiger partial charge in [0, 0.05) is 11.8 Å². The number of benzene rings is 1. The zero-order valence-electron chi connectivity index (χ0n) is 14.1.